The maximum atomic E-state index is 14.4. The number of hydrogen-bond donors (Lipinski definition) is 3. The Labute approximate surface area is 202 Å². The van der Waals surface area contributed by atoms with Crippen LogP contribution in [-0.2, 0) is 13.1 Å². The van der Waals surface area contributed by atoms with Gasteiger partial charge in [-0.15, -0.1) is 0 Å². The maximum absolute atomic E-state index is 14.4. The molecule has 5 N–H and O–H groups in total. The first-order chi connectivity index (χ1) is 16.9. The van der Waals surface area contributed by atoms with E-state index in [0.717, 1.165) is 41.5 Å². The second-order valence-electron chi connectivity index (χ2n) is 9.29. The molecule has 3 aromatic rings. The van der Waals surface area contributed by atoms with Crippen molar-refractivity contribution < 1.29 is 9.18 Å². The highest BCUT2D eigenvalue weighted by Gasteiger charge is 2.52. The zero-order chi connectivity index (χ0) is 24.6. The first-order valence-electron chi connectivity index (χ1n) is 11.4. The number of halogens is 1. The number of benzene rings is 1. The third-order valence-corrected chi connectivity index (χ3v) is 6.73. The normalized spacial score (nSPS) is 15.9. The number of hydrogen-bond acceptors (Lipinski definition) is 7. The van der Waals surface area contributed by atoms with Crippen LogP contribution in [0, 0.1) is 18.2 Å². The molecule has 2 fully saturated rings. The van der Waals surface area contributed by atoms with E-state index in [2.05, 4.69) is 32.5 Å². The van der Waals surface area contributed by atoms with Crippen molar-refractivity contribution in [3.8, 4) is 0 Å². The molecular weight excluding hydrogens is 449 g/mol. The molecule has 11 heteroatoms. The fourth-order valence-electron chi connectivity index (χ4n) is 4.45. The molecule has 10 nitrogen and oxygen atoms in total. The van der Waals surface area contributed by atoms with Crippen LogP contribution in [0.5, 0.6) is 0 Å². The van der Waals surface area contributed by atoms with E-state index >= 15 is 0 Å². The van der Waals surface area contributed by atoms with Crippen molar-refractivity contribution in [2.24, 2.45) is 22.2 Å². The summed E-state index contributed by atoms with van der Waals surface area (Å²) in [4.78, 5) is 19.8. The predicted molar refractivity (Wildman–Crippen MR) is 131 cm³/mol. The number of nitrogens with two attached hydrogens (primary N) is 2. The fourth-order valence-corrected chi connectivity index (χ4v) is 4.45. The van der Waals surface area contributed by atoms with Gasteiger partial charge in [-0.3, -0.25) is 14.5 Å². The van der Waals surface area contributed by atoms with E-state index in [1.807, 2.05) is 6.92 Å². The molecule has 0 bridgehead atoms. The summed E-state index contributed by atoms with van der Waals surface area (Å²) in [6.07, 6.45) is 6.98. The van der Waals surface area contributed by atoms with Gasteiger partial charge in [-0.05, 0) is 43.5 Å². The van der Waals surface area contributed by atoms with Crippen LogP contribution in [0.15, 0.2) is 47.8 Å². The molecule has 2 aliphatic rings. The molecule has 1 aliphatic heterocycles. The highest BCUT2D eigenvalue weighted by Crippen LogP contribution is 2.53. The summed E-state index contributed by atoms with van der Waals surface area (Å²) in [7, 11) is 0. The van der Waals surface area contributed by atoms with Crippen LogP contribution in [0.25, 0.3) is 0 Å². The summed E-state index contributed by atoms with van der Waals surface area (Å²) < 4.78 is 16.1. The number of hydrazone groups is 1. The van der Waals surface area contributed by atoms with E-state index < -0.39 is 5.82 Å². The van der Waals surface area contributed by atoms with E-state index in [9.17, 15) is 9.18 Å². The van der Waals surface area contributed by atoms with E-state index in [0.29, 0.717) is 23.2 Å². The van der Waals surface area contributed by atoms with Gasteiger partial charge in [0.1, 0.15) is 18.0 Å². The van der Waals surface area contributed by atoms with Crippen LogP contribution >= 0.6 is 0 Å². The number of hydrazine groups is 1. The first-order valence-corrected chi connectivity index (χ1v) is 11.4. The van der Waals surface area contributed by atoms with Crippen molar-refractivity contribution in [2.45, 2.75) is 32.9 Å². The van der Waals surface area contributed by atoms with Crippen molar-refractivity contribution in [3.05, 3.63) is 70.9 Å². The Morgan fingerprint density at radius 2 is 2.11 bits per heavy atom. The zero-order valence-electron chi connectivity index (χ0n) is 19.5. The number of amides is 1. The molecule has 1 saturated carbocycles. The molecule has 1 aliphatic carbocycles. The maximum Gasteiger partial charge on any atom is 0.254 e. The number of aromatic nitrogens is 3. The topological polar surface area (TPSA) is 131 Å². The van der Waals surface area contributed by atoms with Crippen LogP contribution in [0.4, 0.5) is 15.9 Å². The number of aryl methyl sites for hydroxylation is 1. The average Bonchev–Trinajstić information content (AvgIpc) is 3.49. The van der Waals surface area contributed by atoms with Gasteiger partial charge in [-0.1, -0.05) is 12.1 Å². The van der Waals surface area contributed by atoms with Gasteiger partial charge >= 0.3 is 0 Å². The molecule has 3 heterocycles. The average molecular weight is 478 g/mol. The molecular formula is C24H28FN9O. The number of carbonyl (C=O) groups excluding carboxylic acids is 1. The molecule has 5 rings (SSSR count). The van der Waals surface area contributed by atoms with Crippen molar-refractivity contribution in [3.63, 3.8) is 0 Å². The molecule has 35 heavy (non-hydrogen) atoms. The second kappa shape index (κ2) is 8.99. The Kier molecular flexibility index (Phi) is 5.85. The first kappa shape index (κ1) is 22.8. The van der Waals surface area contributed by atoms with Gasteiger partial charge in [0.05, 0.1) is 24.0 Å². The van der Waals surface area contributed by atoms with Crippen LogP contribution in [-0.4, -0.2) is 40.1 Å². The Morgan fingerprint density at radius 3 is 2.83 bits per heavy atom. The van der Waals surface area contributed by atoms with Crippen LogP contribution < -0.4 is 26.9 Å². The van der Waals surface area contributed by atoms with Gasteiger partial charge in [-0.2, -0.15) is 10.2 Å². The third-order valence-electron chi connectivity index (χ3n) is 6.73. The number of anilines is 2. The standard InChI is InChI=1S/C24H28FN9O/c1-16-17(5-6-22(31-16)32-13-24(14-32)7-8-24)11-33-12-18(9-30-33)23(35)28-10-19-20(25)3-2-4-21(19)34(27)15-29-26/h2-6,9,12,15H,7-8,10-11,13-14,26-27H2,1H3,(H,28,35)/b29-15-. The lowest BCUT2D eigenvalue weighted by atomic mass is 9.97. The summed E-state index contributed by atoms with van der Waals surface area (Å²) >= 11 is 0. The second-order valence-corrected chi connectivity index (χ2v) is 9.29. The van der Waals surface area contributed by atoms with Gasteiger partial charge in [0.25, 0.3) is 5.91 Å². The molecule has 182 valence electrons. The van der Waals surface area contributed by atoms with Crippen LogP contribution in [0.1, 0.15) is 40.0 Å². The van der Waals surface area contributed by atoms with Gasteiger partial charge in [0, 0.05) is 42.5 Å². The quantitative estimate of drug-likeness (QED) is 0.195. The molecule has 0 atom stereocenters. The Bertz CT molecular complexity index is 1280. The lowest BCUT2D eigenvalue weighted by molar-refractivity contribution is 0.0950. The molecule has 0 unspecified atom stereocenters. The minimum absolute atomic E-state index is 0.0690. The van der Waals surface area contributed by atoms with E-state index in [4.69, 9.17) is 16.7 Å². The van der Waals surface area contributed by atoms with E-state index in [1.54, 1.807) is 16.9 Å². The summed E-state index contributed by atoms with van der Waals surface area (Å²) in [5, 5.41) is 11.5. The minimum Gasteiger partial charge on any atom is -0.355 e. The zero-order valence-corrected chi connectivity index (χ0v) is 19.5. The van der Waals surface area contributed by atoms with Crippen molar-refractivity contribution >= 4 is 23.8 Å². The molecule has 1 amide bonds. The van der Waals surface area contributed by atoms with Gasteiger partial charge in [0.2, 0.25) is 0 Å². The number of nitrogens with one attached hydrogen (secondary N) is 1. The highest BCUT2D eigenvalue weighted by molar-refractivity contribution is 5.93. The SMILES string of the molecule is Cc1nc(N2CC3(CC3)C2)ccc1Cn1cc(C(=O)NCc2c(F)cccc2N(N)/C=N\N)cn1. The van der Waals surface area contributed by atoms with E-state index in [1.165, 1.54) is 31.2 Å². The van der Waals surface area contributed by atoms with Crippen molar-refractivity contribution in [1.82, 2.24) is 20.1 Å². The summed E-state index contributed by atoms with van der Waals surface area (Å²) in [6.45, 7) is 4.63. The molecule has 1 spiro atoms. The molecule has 1 aromatic carbocycles. The Morgan fingerprint density at radius 1 is 1.31 bits per heavy atom. The lowest BCUT2D eigenvalue weighted by Crippen LogP contribution is -2.48. The Balaban J connectivity index is 1.21. The van der Waals surface area contributed by atoms with Gasteiger partial charge < -0.3 is 16.1 Å². The summed E-state index contributed by atoms with van der Waals surface area (Å²) in [6, 6.07) is 8.54. The molecule has 2 aromatic heterocycles. The van der Waals surface area contributed by atoms with Gasteiger partial charge in [-0.25, -0.2) is 15.2 Å². The third kappa shape index (κ3) is 4.67. The highest BCUT2D eigenvalue weighted by atomic mass is 19.1. The monoisotopic (exact) mass is 477 g/mol. The molecule has 0 radical (unpaired) electrons. The number of pyridine rings is 1. The predicted octanol–water partition coefficient (Wildman–Crippen LogP) is 1.89. The largest absolute Gasteiger partial charge is 0.355 e. The van der Waals surface area contributed by atoms with Crippen molar-refractivity contribution in [2.75, 3.05) is 23.0 Å². The smallest absolute Gasteiger partial charge is 0.254 e. The number of rotatable bonds is 8. The lowest BCUT2D eigenvalue weighted by Gasteiger charge is -2.41. The molecule has 1 saturated heterocycles. The minimum atomic E-state index is -0.503. The summed E-state index contributed by atoms with van der Waals surface area (Å²) in [5.74, 6) is 11.1. The van der Waals surface area contributed by atoms with Crippen molar-refractivity contribution in [1.29, 1.82) is 0 Å². The van der Waals surface area contributed by atoms with Crippen LogP contribution in [0.2, 0.25) is 0 Å². The summed E-state index contributed by atoms with van der Waals surface area (Å²) in [5.41, 5.74) is 3.48. The fraction of sp³-hybridized carbons (Fsp3) is 0.333. The number of carbonyl (C=O) groups is 1. The van der Waals surface area contributed by atoms with E-state index in [-0.39, 0.29) is 18.0 Å². The number of nitrogens with zero attached hydrogens (tertiary/aromatic N) is 6. The van der Waals surface area contributed by atoms with Gasteiger partial charge in [0.15, 0.2) is 0 Å². The van der Waals surface area contributed by atoms with Crippen LogP contribution in [0.3, 0.4) is 0 Å². The Hall–Kier alpha value is -3.99.